The SMILES string of the molecule is CCCCn1c(CC#N)nc2cc(CC)ccc21. The van der Waals surface area contributed by atoms with Crippen LogP contribution in [-0.4, -0.2) is 9.55 Å². The van der Waals surface area contributed by atoms with E-state index in [-0.39, 0.29) is 0 Å². The van der Waals surface area contributed by atoms with Gasteiger partial charge in [0.25, 0.3) is 0 Å². The predicted molar refractivity (Wildman–Crippen MR) is 73.3 cm³/mol. The summed E-state index contributed by atoms with van der Waals surface area (Å²) in [4.78, 5) is 4.60. The van der Waals surface area contributed by atoms with Crippen LogP contribution in [0.2, 0.25) is 0 Å². The Bertz CT molecular complexity index is 575. The van der Waals surface area contributed by atoms with Crippen LogP contribution in [0.3, 0.4) is 0 Å². The zero-order valence-electron chi connectivity index (χ0n) is 11.1. The van der Waals surface area contributed by atoms with Crippen LogP contribution in [0, 0.1) is 11.3 Å². The van der Waals surface area contributed by atoms with E-state index in [2.05, 4.69) is 47.7 Å². The molecule has 0 saturated heterocycles. The second kappa shape index (κ2) is 5.68. The number of benzene rings is 1. The molecule has 0 bridgehead atoms. The van der Waals surface area contributed by atoms with Gasteiger partial charge in [0, 0.05) is 6.54 Å². The van der Waals surface area contributed by atoms with E-state index in [1.807, 2.05) is 0 Å². The fourth-order valence-electron chi connectivity index (χ4n) is 2.22. The number of hydrogen-bond acceptors (Lipinski definition) is 2. The molecule has 1 aromatic carbocycles. The van der Waals surface area contributed by atoms with Gasteiger partial charge in [-0.15, -0.1) is 0 Å². The van der Waals surface area contributed by atoms with Crippen molar-refractivity contribution in [3.63, 3.8) is 0 Å². The molecule has 1 heterocycles. The third-order valence-corrected chi connectivity index (χ3v) is 3.27. The van der Waals surface area contributed by atoms with Crippen molar-refractivity contribution >= 4 is 11.0 Å². The molecule has 1 aromatic heterocycles. The monoisotopic (exact) mass is 241 g/mol. The van der Waals surface area contributed by atoms with E-state index in [4.69, 9.17) is 5.26 Å². The maximum absolute atomic E-state index is 8.89. The fourth-order valence-corrected chi connectivity index (χ4v) is 2.22. The molecule has 0 aliphatic heterocycles. The summed E-state index contributed by atoms with van der Waals surface area (Å²) in [5.74, 6) is 0.897. The van der Waals surface area contributed by atoms with Gasteiger partial charge in [0.05, 0.1) is 23.5 Å². The summed E-state index contributed by atoms with van der Waals surface area (Å²) in [6.07, 6.45) is 3.68. The number of nitriles is 1. The molecule has 0 N–H and O–H groups in total. The summed E-state index contributed by atoms with van der Waals surface area (Å²) in [6, 6.07) is 8.64. The van der Waals surface area contributed by atoms with Crippen LogP contribution in [0.4, 0.5) is 0 Å². The van der Waals surface area contributed by atoms with Crippen molar-refractivity contribution in [2.45, 2.75) is 46.1 Å². The number of aromatic nitrogens is 2. The van der Waals surface area contributed by atoms with Gasteiger partial charge in [-0.3, -0.25) is 0 Å². The van der Waals surface area contributed by atoms with Crippen LogP contribution in [-0.2, 0) is 19.4 Å². The number of rotatable bonds is 5. The van der Waals surface area contributed by atoms with E-state index in [0.29, 0.717) is 6.42 Å². The van der Waals surface area contributed by atoms with Crippen molar-refractivity contribution in [2.75, 3.05) is 0 Å². The highest BCUT2D eigenvalue weighted by molar-refractivity contribution is 5.77. The molecule has 18 heavy (non-hydrogen) atoms. The molecule has 0 saturated carbocycles. The first-order chi connectivity index (χ1) is 8.80. The Balaban J connectivity index is 2.49. The van der Waals surface area contributed by atoms with Gasteiger partial charge in [-0.1, -0.05) is 26.3 Å². The first-order valence-electron chi connectivity index (χ1n) is 6.65. The summed E-state index contributed by atoms with van der Waals surface area (Å²) < 4.78 is 2.20. The van der Waals surface area contributed by atoms with Gasteiger partial charge in [0.2, 0.25) is 0 Å². The molecule has 2 aromatic rings. The number of hydrogen-bond donors (Lipinski definition) is 0. The van der Waals surface area contributed by atoms with Crippen LogP contribution >= 0.6 is 0 Å². The van der Waals surface area contributed by atoms with Crippen molar-refractivity contribution in [3.8, 4) is 6.07 Å². The molecule has 0 fully saturated rings. The molecule has 94 valence electrons. The molecule has 3 heteroatoms. The second-order valence-electron chi connectivity index (χ2n) is 4.54. The maximum Gasteiger partial charge on any atom is 0.124 e. The second-order valence-corrected chi connectivity index (χ2v) is 4.54. The average molecular weight is 241 g/mol. The number of fused-ring (bicyclic) bond motifs is 1. The Hall–Kier alpha value is -1.82. The summed E-state index contributed by atoms with van der Waals surface area (Å²) in [7, 11) is 0. The molecule has 0 spiro atoms. The zero-order chi connectivity index (χ0) is 13.0. The van der Waals surface area contributed by atoms with Crippen LogP contribution < -0.4 is 0 Å². The van der Waals surface area contributed by atoms with Crippen LogP contribution in [0.1, 0.15) is 38.1 Å². The summed E-state index contributed by atoms with van der Waals surface area (Å²) in [5, 5.41) is 8.89. The van der Waals surface area contributed by atoms with Crippen molar-refractivity contribution in [1.29, 1.82) is 5.26 Å². The lowest BCUT2D eigenvalue weighted by atomic mass is 10.1. The topological polar surface area (TPSA) is 41.6 Å². The first-order valence-corrected chi connectivity index (χ1v) is 6.65. The number of aryl methyl sites for hydroxylation is 2. The van der Waals surface area contributed by atoms with Crippen molar-refractivity contribution in [2.24, 2.45) is 0 Å². The molecule has 2 rings (SSSR count). The summed E-state index contributed by atoms with van der Waals surface area (Å²) >= 11 is 0. The Morgan fingerprint density at radius 3 is 2.83 bits per heavy atom. The van der Waals surface area contributed by atoms with Gasteiger partial charge in [-0.25, -0.2) is 4.98 Å². The Kier molecular flexibility index (Phi) is 3.99. The van der Waals surface area contributed by atoms with Crippen molar-refractivity contribution in [1.82, 2.24) is 9.55 Å². The maximum atomic E-state index is 8.89. The van der Waals surface area contributed by atoms with E-state index in [1.54, 1.807) is 0 Å². The molecule has 0 unspecified atom stereocenters. The number of nitrogens with zero attached hydrogens (tertiary/aromatic N) is 3. The molecular weight excluding hydrogens is 222 g/mol. The molecule has 0 atom stereocenters. The van der Waals surface area contributed by atoms with Crippen molar-refractivity contribution < 1.29 is 0 Å². The lowest BCUT2D eigenvalue weighted by Gasteiger charge is -2.06. The average Bonchev–Trinajstić information content (AvgIpc) is 2.73. The minimum absolute atomic E-state index is 0.389. The minimum Gasteiger partial charge on any atom is -0.327 e. The fraction of sp³-hybridized carbons (Fsp3) is 0.467. The van der Waals surface area contributed by atoms with E-state index < -0.39 is 0 Å². The first kappa shape index (κ1) is 12.6. The van der Waals surface area contributed by atoms with Gasteiger partial charge < -0.3 is 4.57 Å². The normalized spacial score (nSPS) is 10.7. The molecule has 0 aliphatic carbocycles. The Morgan fingerprint density at radius 2 is 2.17 bits per heavy atom. The highest BCUT2D eigenvalue weighted by atomic mass is 15.1. The number of unbranched alkanes of at least 4 members (excludes halogenated alkanes) is 1. The summed E-state index contributed by atoms with van der Waals surface area (Å²) in [6.45, 7) is 5.28. The lowest BCUT2D eigenvalue weighted by Crippen LogP contribution is -2.03. The van der Waals surface area contributed by atoms with E-state index >= 15 is 0 Å². The van der Waals surface area contributed by atoms with E-state index in [1.165, 1.54) is 5.56 Å². The molecule has 0 radical (unpaired) electrons. The smallest absolute Gasteiger partial charge is 0.124 e. The van der Waals surface area contributed by atoms with Gasteiger partial charge in [0.1, 0.15) is 5.82 Å². The van der Waals surface area contributed by atoms with Crippen LogP contribution in [0.5, 0.6) is 0 Å². The van der Waals surface area contributed by atoms with Crippen LogP contribution in [0.25, 0.3) is 11.0 Å². The summed E-state index contributed by atoms with van der Waals surface area (Å²) in [5.41, 5.74) is 3.48. The zero-order valence-corrected chi connectivity index (χ0v) is 11.1. The molecular formula is C15H19N3. The lowest BCUT2D eigenvalue weighted by molar-refractivity contribution is 0.625. The third-order valence-electron chi connectivity index (χ3n) is 3.27. The van der Waals surface area contributed by atoms with E-state index in [9.17, 15) is 0 Å². The third kappa shape index (κ3) is 2.38. The number of imidazole rings is 1. The van der Waals surface area contributed by atoms with Gasteiger partial charge in [-0.2, -0.15) is 5.26 Å². The standard InChI is InChI=1S/C15H19N3/c1-3-5-10-18-14-7-6-12(4-2)11-13(14)17-15(18)8-9-16/h6-7,11H,3-5,8,10H2,1-2H3. The predicted octanol–water partition coefficient (Wildman–Crippen LogP) is 3.46. The highest BCUT2D eigenvalue weighted by Gasteiger charge is 2.10. The minimum atomic E-state index is 0.389. The molecule has 0 amide bonds. The highest BCUT2D eigenvalue weighted by Crippen LogP contribution is 2.19. The van der Waals surface area contributed by atoms with E-state index in [0.717, 1.165) is 42.7 Å². The Labute approximate surface area is 108 Å². The van der Waals surface area contributed by atoms with Crippen molar-refractivity contribution in [3.05, 3.63) is 29.6 Å². The van der Waals surface area contributed by atoms with Crippen LogP contribution in [0.15, 0.2) is 18.2 Å². The molecule has 3 nitrogen and oxygen atoms in total. The largest absolute Gasteiger partial charge is 0.327 e. The Morgan fingerprint density at radius 1 is 1.33 bits per heavy atom. The quantitative estimate of drug-likeness (QED) is 0.804. The molecule has 0 aliphatic rings. The van der Waals surface area contributed by atoms with Gasteiger partial charge >= 0.3 is 0 Å². The van der Waals surface area contributed by atoms with Gasteiger partial charge in [0.15, 0.2) is 0 Å². The van der Waals surface area contributed by atoms with Gasteiger partial charge in [-0.05, 0) is 30.5 Å².